The lowest BCUT2D eigenvalue weighted by Gasteiger charge is -2.35. The van der Waals surface area contributed by atoms with Crippen molar-refractivity contribution >= 4 is 11.4 Å². The van der Waals surface area contributed by atoms with E-state index in [1.165, 1.54) is 0 Å². The SMILES string of the molecule is CCOc1cccc(N2CCC(C(C)O)CC2)c1N. The van der Waals surface area contributed by atoms with Gasteiger partial charge in [0.05, 0.1) is 24.1 Å². The number of nitrogens with two attached hydrogens (primary N) is 1. The minimum absolute atomic E-state index is 0.214. The van der Waals surface area contributed by atoms with Crippen LogP contribution in [0.5, 0.6) is 5.75 Å². The largest absolute Gasteiger partial charge is 0.492 e. The number of piperidine rings is 1. The zero-order valence-corrected chi connectivity index (χ0v) is 11.8. The van der Waals surface area contributed by atoms with Crippen molar-refractivity contribution in [1.29, 1.82) is 0 Å². The highest BCUT2D eigenvalue weighted by atomic mass is 16.5. The van der Waals surface area contributed by atoms with Crippen molar-refractivity contribution in [3.05, 3.63) is 18.2 Å². The van der Waals surface area contributed by atoms with Crippen LogP contribution in [0.3, 0.4) is 0 Å². The average molecular weight is 264 g/mol. The first-order chi connectivity index (χ1) is 9.13. The lowest BCUT2D eigenvalue weighted by Crippen LogP contribution is -2.37. The van der Waals surface area contributed by atoms with Gasteiger partial charge in [0, 0.05) is 13.1 Å². The van der Waals surface area contributed by atoms with Crippen LogP contribution < -0.4 is 15.4 Å². The van der Waals surface area contributed by atoms with Gasteiger partial charge >= 0.3 is 0 Å². The molecule has 1 fully saturated rings. The molecule has 1 heterocycles. The quantitative estimate of drug-likeness (QED) is 0.819. The van der Waals surface area contributed by atoms with Gasteiger partial charge in [-0.3, -0.25) is 0 Å². The van der Waals surface area contributed by atoms with Crippen molar-refractivity contribution in [2.45, 2.75) is 32.8 Å². The second kappa shape index (κ2) is 6.15. The Hall–Kier alpha value is -1.42. The Morgan fingerprint density at radius 1 is 1.42 bits per heavy atom. The summed E-state index contributed by atoms with van der Waals surface area (Å²) < 4.78 is 5.54. The molecule has 0 bridgehead atoms. The van der Waals surface area contributed by atoms with E-state index < -0.39 is 0 Å². The number of para-hydroxylation sites is 1. The average Bonchev–Trinajstić information content (AvgIpc) is 2.41. The first-order valence-electron chi connectivity index (χ1n) is 7.07. The minimum atomic E-state index is -0.214. The Morgan fingerprint density at radius 3 is 2.68 bits per heavy atom. The molecular weight excluding hydrogens is 240 g/mol. The molecule has 1 aromatic carbocycles. The highest BCUT2D eigenvalue weighted by Crippen LogP contribution is 2.34. The maximum atomic E-state index is 9.64. The highest BCUT2D eigenvalue weighted by molar-refractivity contribution is 5.74. The van der Waals surface area contributed by atoms with E-state index in [9.17, 15) is 5.11 Å². The van der Waals surface area contributed by atoms with E-state index in [2.05, 4.69) is 4.90 Å². The van der Waals surface area contributed by atoms with Crippen molar-refractivity contribution in [2.24, 2.45) is 5.92 Å². The van der Waals surface area contributed by atoms with Gasteiger partial charge in [-0.25, -0.2) is 0 Å². The molecule has 1 unspecified atom stereocenters. The van der Waals surface area contributed by atoms with Crippen LogP contribution in [-0.2, 0) is 0 Å². The Bertz CT molecular complexity index is 413. The van der Waals surface area contributed by atoms with E-state index in [0.717, 1.165) is 43.1 Å². The third-order valence-electron chi connectivity index (χ3n) is 3.91. The molecule has 0 saturated carbocycles. The van der Waals surface area contributed by atoms with Crippen LogP contribution in [0.15, 0.2) is 18.2 Å². The molecule has 1 aliphatic heterocycles. The van der Waals surface area contributed by atoms with E-state index in [0.29, 0.717) is 12.5 Å². The number of aliphatic hydroxyl groups excluding tert-OH is 1. The molecule has 1 atom stereocenters. The molecule has 0 aliphatic carbocycles. The number of rotatable bonds is 4. The summed E-state index contributed by atoms with van der Waals surface area (Å²) in [5, 5.41) is 9.64. The molecule has 1 saturated heterocycles. The maximum Gasteiger partial charge on any atom is 0.144 e. The van der Waals surface area contributed by atoms with Gasteiger partial charge in [-0.15, -0.1) is 0 Å². The fourth-order valence-electron chi connectivity index (χ4n) is 2.71. The predicted octanol–water partition coefficient (Wildman–Crippen LogP) is 2.26. The van der Waals surface area contributed by atoms with Crippen LogP contribution in [0.2, 0.25) is 0 Å². The Labute approximate surface area is 115 Å². The Morgan fingerprint density at radius 2 is 2.11 bits per heavy atom. The fraction of sp³-hybridized carbons (Fsp3) is 0.600. The molecule has 19 heavy (non-hydrogen) atoms. The third-order valence-corrected chi connectivity index (χ3v) is 3.91. The summed E-state index contributed by atoms with van der Waals surface area (Å²) in [6, 6.07) is 5.93. The van der Waals surface area contributed by atoms with Crippen LogP contribution >= 0.6 is 0 Å². The molecule has 2 rings (SSSR count). The number of hydrogen-bond acceptors (Lipinski definition) is 4. The molecule has 1 aromatic rings. The van der Waals surface area contributed by atoms with E-state index >= 15 is 0 Å². The molecule has 4 nitrogen and oxygen atoms in total. The fourth-order valence-corrected chi connectivity index (χ4v) is 2.71. The smallest absolute Gasteiger partial charge is 0.144 e. The zero-order chi connectivity index (χ0) is 13.8. The highest BCUT2D eigenvalue weighted by Gasteiger charge is 2.24. The number of nitrogen functional groups attached to an aromatic ring is 1. The summed E-state index contributed by atoms with van der Waals surface area (Å²) in [4.78, 5) is 2.29. The van der Waals surface area contributed by atoms with Crippen LogP contribution in [-0.4, -0.2) is 30.9 Å². The molecule has 0 radical (unpaired) electrons. The van der Waals surface area contributed by atoms with Gasteiger partial charge in [0.15, 0.2) is 0 Å². The monoisotopic (exact) mass is 264 g/mol. The summed E-state index contributed by atoms with van der Waals surface area (Å²) in [6.45, 7) is 6.34. The topological polar surface area (TPSA) is 58.7 Å². The van der Waals surface area contributed by atoms with Gasteiger partial charge in [-0.05, 0) is 44.7 Å². The summed E-state index contributed by atoms with van der Waals surface area (Å²) >= 11 is 0. The van der Waals surface area contributed by atoms with Crippen LogP contribution in [0.1, 0.15) is 26.7 Å². The van der Waals surface area contributed by atoms with Crippen molar-refractivity contribution in [3.8, 4) is 5.75 Å². The lowest BCUT2D eigenvalue weighted by molar-refractivity contribution is 0.110. The molecular formula is C15H24N2O2. The van der Waals surface area contributed by atoms with E-state index in [4.69, 9.17) is 10.5 Å². The van der Waals surface area contributed by atoms with Crippen molar-refractivity contribution in [3.63, 3.8) is 0 Å². The Kier molecular flexibility index (Phi) is 4.53. The van der Waals surface area contributed by atoms with Gasteiger partial charge in [-0.1, -0.05) is 6.07 Å². The number of anilines is 2. The van der Waals surface area contributed by atoms with E-state index in [-0.39, 0.29) is 6.10 Å². The van der Waals surface area contributed by atoms with Gasteiger partial charge < -0.3 is 20.5 Å². The molecule has 106 valence electrons. The van der Waals surface area contributed by atoms with Gasteiger partial charge in [-0.2, -0.15) is 0 Å². The number of ether oxygens (including phenoxy) is 1. The molecule has 3 N–H and O–H groups in total. The standard InChI is InChI=1S/C15H24N2O2/c1-3-19-14-6-4-5-13(15(14)16)17-9-7-12(8-10-17)11(2)18/h4-6,11-12,18H,3,7-10,16H2,1-2H3. The summed E-state index contributed by atoms with van der Waals surface area (Å²) in [5.41, 5.74) is 7.95. The molecule has 1 aliphatic rings. The van der Waals surface area contributed by atoms with Crippen molar-refractivity contribution < 1.29 is 9.84 Å². The maximum absolute atomic E-state index is 9.64. The van der Waals surface area contributed by atoms with Crippen molar-refractivity contribution in [2.75, 3.05) is 30.3 Å². The third kappa shape index (κ3) is 3.13. The van der Waals surface area contributed by atoms with Crippen LogP contribution in [0.25, 0.3) is 0 Å². The number of hydrogen-bond donors (Lipinski definition) is 2. The second-order valence-corrected chi connectivity index (χ2v) is 5.19. The van der Waals surface area contributed by atoms with Gasteiger partial charge in [0.2, 0.25) is 0 Å². The summed E-state index contributed by atoms with van der Waals surface area (Å²) in [7, 11) is 0. The van der Waals surface area contributed by atoms with E-state index in [1.54, 1.807) is 0 Å². The first-order valence-corrected chi connectivity index (χ1v) is 7.07. The Balaban J connectivity index is 2.09. The van der Waals surface area contributed by atoms with Crippen molar-refractivity contribution in [1.82, 2.24) is 0 Å². The minimum Gasteiger partial charge on any atom is -0.492 e. The molecule has 0 spiro atoms. The number of nitrogens with zero attached hydrogens (tertiary/aromatic N) is 1. The number of benzene rings is 1. The lowest BCUT2D eigenvalue weighted by atomic mass is 9.92. The van der Waals surface area contributed by atoms with Crippen LogP contribution in [0, 0.1) is 5.92 Å². The number of aliphatic hydroxyl groups is 1. The summed E-state index contributed by atoms with van der Waals surface area (Å²) in [5.74, 6) is 1.17. The first kappa shape index (κ1) is 14.0. The second-order valence-electron chi connectivity index (χ2n) is 5.19. The zero-order valence-electron chi connectivity index (χ0n) is 11.8. The van der Waals surface area contributed by atoms with Gasteiger partial charge in [0.25, 0.3) is 0 Å². The summed E-state index contributed by atoms with van der Waals surface area (Å²) in [6.07, 6.45) is 1.81. The molecule has 0 amide bonds. The predicted molar refractivity (Wildman–Crippen MR) is 78.6 cm³/mol. The molecule has 4 heteroatoms. The molecule has 0 aromatic heterocycles. The normalized spacial score (nSPS) is 18.4. The van der Waals surface area contributed by atoms with E-state index in [1.807, 2.05) is 32.0 Å². The van der Waals surface area contributed by atoms with Gasteiger partial charge in [0.1, 0.15) is 5.75 Å². The van der Waals surface area contributed by atoms with Crippen LogP contribution in [0.4, 0.5) is 11.4 Å².